The lowest BCUT2D eigenvalue weighted by Gasteiger charge is -2.29. The van der Waals surface area contributed by atoms with E-state index < -0.39 is 156 Å². The molecule has 1 aliphatic heterocycles. The van der Waals surface area contributed by atoms with E-state index in [0.29, 0.717) is 23.1 Å². The molecule has 0 unspecified atom stereocenters. The first kappa shape index (κ1) is 74.5. The Bertz CT molecular complexity index is 3200. The van der Waals surface area contributed by atoms with E-state index in [1.54, 1.807) is 74.5 Å². The predicted octanol–water partition coefficient (Wildman–Crippen LogP) is -0.102. The van der Waals surface area contributed by atoms with Crippen molar-refractivity contribution >= 4 is 82.7 Å². The van der Waals surface area contributed by atoms with Gasteiger partial charge in [-0.2, -0.15) is 0 Å². The van der Waals surface area contributed by atoms with Crippen molar-refractivity contribution in [3.8, 4) is 5.75 Å². The van der Waals surface area contributed by atoms with Crippen LogP contribution in [-0.2, 0) is 83.2 Å². The Morgan fingerprint density at radius 2 is 0.935 bits per heavy atom. The van der Waals surface area contributed by atoms with E-state index in [1.165, 1.54) is 29.2 Å². The molecule has 0 saturated carbocycles. The monoisotopic (exact) mass is 1300 g/mol. The van der Waals surface area contributed by atoms with Gasteiger partial charge in [-0.3, -0.25) is 57.5 Å². The quantitative estimate of drug-likeness (QED) is 0.0262. The molecule has 0 radical (unpaired) electrons. The first-order valence-corrected chi connectivity index (χ1v) is 31.6. The van der Waals surface area contributed by atoms with Gasteiger partial charge in [-0.05, 0) is 97.7 Å². The molecule has 0 aliphatic carbocycles. The molecule has 10 atom stereocenters. The zero-order chi connectivity index (χ0) is 68.3. The largest absolute Gasteiger partial charge is 0.508 e. The number of hydrogen-bond donors (Lipinski definition) is 14. The van der Waals surface area contributed by atoms with Gasteiger partial charge >= 0.3 is 0 Å². The van der Waals surface area contributed by atoms with E-state index >= 15 is 0 Å². The minimum atomic E-state index is -1.86. The second-order valence-electron chi connectivity index (χ2n) is 24.0. The summed E-state index contributed by atoms with van der Waals surface area (Å²) in [4.78, 5) is 168. The Hall–Kier alpha value is -9.21. The summed E-state index contributed by atoms with van der Waals surface area (Å²) in [6.45, 7) is 7.33. The van der Waals surface area contributed by atoms with Crippen LogP contribution in [0.3, 0.4) is 0 Å². The van der Waals surface area contributed by atoms with Gasteiger partial charge in [0.15, 0.2) is 0 Å². The first-order valence-electron chi connectivity index (χ1n) is 31.1. The van der Waals surface area contributed by atoms with Crippen LogP contribution in [0.4, 0.5) is 0 Å². The van der Waals surface area contributed by atoms with Crippen LogP contribution in [0.5, 0.6) is 5.75 Å². The lowest BCUT2D eigenvalue weighted by molar-refractivity contribution is -0.140. The number of aromatic hydroxyl groups is 1. The number of thiol groups is 1. The molecule has 1 aliphatic rings. The fourth-order valence-electron chi connectivity index (χ4n) is 10.6. The third-order valence-corrected chi connectivity index (χ3v) is 15.9. The summed E-state index contributed by atoms with van der Waals surface area (Å²) in [7, 11) is 0. The first-order chi connectivity index (χ1) is 44.2. The summed E-state index contributed by atoms with van der Waals surface area (Å²) >= 11 is 3.94. The lowest BCUT2D eigenvalue weighted by Crippen LogP contribution is -2.61. The number of carbonyl (C=O) groups excluding carboxylic acids is 12. The molecule has 1 saturated heterocycles. The molecule has 17 N–H and O–H groups in total. The molecule has 27 heteroatoms. The fraction of sp³-hybridized carbons (Fsp3) is 0.455. The molecule has 26 nitrogen and oxygen atoms in total. The molecular formula is C66H89N13O13S. The number of carbonyl (C=O) groups is 12. The van der Waals surface area contributed by atoms with Crippen LogP contribution in [-0.4, -0.2) is 154 Å². The number of amides is 11. The van der Waals surface area contributed by atoms with Crippen molar-refractivity contribution in [2.45, 2.75) is 165 Å². The molecule has 93 heavy (non-hydrogen) atoms. The van der Waals surface area contributed by atoms with Crippen LogP contribution in [0.25, 0.3) is 0 Å². The van der Waals surface area contributed by atoms with E-state index in [0.717, 1.165) is 5.56 Å². The van der Waals surface area contributed by atoms with Gasteiger partial charge < -0.3 is 75.5 Å². The maximum Gasteiger partial charge on any atom is 0.243 e. The second-order valence-corrected chi connectivity index (χ2v) is 24.4. The number of phenolic OH excluding ortho intramolecular Hbond substituents is 1. The van der Waals surface area contributed by atoms with Crippen molar-refractivity contribution in [2.24, 2.45) is 34.8 Å². The number of primary amides is 2. The number of likely N-dealkylation sites (tertiary alicyclic amines) is 1. The van der Waals surface area contributed by atoms with Crippen LogP contribution in [0.1, 0.15) is 101 Å². The fourth-order valence-corrected chi connectivity index (χ4v) is 10.8. The van der Waals surface area contributed by atoms with Gasteiger partial charge in [0.05, 0.1) is 18.5 Å². The van der Waals surface area contributed by atoms with Gasteiger partial charge in [-0.15, -0.1) is 12.6 Å². The zero-order valence-electron chi connectivity index (χ0n) is 52.8. The molecule has 502 valence electrons. The van der Waals surface area contributed by atoms with Crippen molar-refractivity contribution in [2.75, 3.05) is 13.1 Å². The van der Waals surface area contributed by atoms with E-state index in [1.807, 2.05) is 44.2 Å². The maximum absolute atomic E-state index is 14.7. The Labute approximate surface area is 546 Å². The Kier molecular flexibility index (Phi) is 29.9. The van der Waals surface area contributed by atoms with Crippen molar-refractivity contribution in [3.05, 3.63) is 138 Å². The standard InChI is InChI=1S/C66H89N13O13S/c1-38(2)32-52(66(92)93)77-57(83)46(22-14-30-67)72-64(90)56(39(3)4)78-62(88)50(36-43-24-26-44(80)27-25-43)73-58(84)47(28-29-54(69)81)71-61(87)51(37-55(70)82)75-59(85)48(34-41-18-10-6-11-19-41)74-60(86)49(35-42-20-12-7-13-21-42)76-63(89)53-23-15-31-79(53)65(91)45(68)33-40-16-8-5-9-17-40/h5-13,16-21,24-27,38-39,45-53,56,80H,14-15,22-23,28-37,67-68H2,1-4H3,(H2,69,81)(H2,70,82)(H,71,87)(H,72,90)(H,73,84)(H,74,86)(H,75,85)(H,76,89)(H,77,83)(H,78,88)(H,92,93)/t45-,46+,47+,48-,49+,50+,51+,52+,53+,56+/m1/s1. The van der Waals surface area contributed by atoms with Crippen LogP contribution in [0, 0.1) is 11.8 Å². The maximum atomic E-state index is 14.7. The summed E-state index contributed by atoms with van der Waals surface area (Å²) in [6.07, 6.45) is -0.837. The lowest BCUT2D eigenvalue weighted by atomic mass is 9.99. The number of nitrogens with zero attached hydrogens (tertiary/aromatic N) is 1. The molecule has 0 bridgehead atoms. The zero-order valence-corrected chi connectivity index (χ0v) is 53.7. The molecule has 4 aromatic rings. The molecular weight excluding hydrogens is 1210 g/mol. The second kappa shape index (κ2) is 37.3. The minimum absolute atomic E-state index is 0.00454. The average molecular weight is 1300 g/mol. The topological polar surface area (TPSA) is 429 Å². The molecule has 5 rings (SSSR count). The van der Waals surface area contributed by atoms with E-state index in [9.17, 15) is 62.6 Å². The van der Waals surface area contributed by atoms with E-state index in [2.05, 4.69) is 55.2 Å². The van der Waals surface area contributed by atoms with E-state index in [4.69, 9.17) is 22.9 Å². The van der Waals surface area contributed by atoms with Gasteiger partial charge in [0.25, 0.3) is 0 Å². The van der Waals surface area contributed by atoms with Gasteiger partial charge in [-0.1, -0.05) is 131 Å². The van der Waals surface area contributed by atoms with Crippen molar-refractivity contribution in [1.29, 1.82) is 0 Å². The Balaban J connectivity index is 1.40. The van der Waals surface area contributed by atoms with Crippen molar-refractivity contribution in [3.63, 3.8) is 0 Å². The molecule has 1 heterocycles. The smallest absolute Gasteiger partial charge is 0.243 e. The van der Waals surface area contributed by atoms with E-state index in [-0.39, 0.29) is 76.1 Å². The molecule has 0 spiro atoms. The Morgan fingerprint density at radius 3 is 1.41 bits per heavy atom. The molecule has 1 fully saturated rings. The van der Waals surface area contributed by atoms with Crippen molar-refractivity contribution < 1.29 is 62.6 Å². The summed E-state index contributed by atoms with van der Waals surface area (Å²) in [5.41, 5.74) is 25.8. The molecule has 4 aromatic carbocycles. The van der Waals surface area contributed by atoms with Gasteiger partial charge in [-0.25, -0.2) is 0 Å². The van der Waals surface area contributed by atoms with Gasteiger partial charge in [0.1, 0.15) is 54.1 Å². The summed E-state index contributed by atoms with van der Waals surface area (Å²) in [5, 5.41) is 30.6. The third kappa shape index (κ3) is 24.7. The van der Waals surface area contributed by atoms with Crippen LogP contribution >= 0.6 is 12.6 Å². The van der Waals surface area contributed by atoms with Crippen LogP contribution in [0.2, 0.25) is 0 Å². The predicted molar refractivity (Wildman–Crippen MR) is 349 cm³/mol. The molecule has 0 aromatic heterocycles. The third-order valence-electron chi connectivity index (χ3n) is 15.5. The van der Waals surface area contributed by atoms with Crippen LogP contribution in [0.15, 0.2) is 115 Å². The highest BCUT2D eigenvalue weighted by molar-refractivity contribution is 7.96. The minimum Gasteiger partial charge on any atom is -0.508 e. The highest BCUT2D eigenvalue weighted by Crippen LogP contribution is 2.21. The molecule has 11 amide bonds. The van der Waals surface area contributed by atoms with Crippen LogP contribution < -0.4 is 65.5 Å². The number of nitrogens with one attached hydrogen (secondary N) is 8. The number of rotatable bonds is 37. The normalized spacial score (nSPS) is 15.7. The highest BCUT2D eigenvalue weighted by atomic mass is 32.1. The van der Waals surface area contributed by atoms with Gasteiger partial charge in [0.2, 0.25) is 70.1 Å². The Morgan fingerprint density at radius 1 is 0.516 bits per heavy atom. The van der Waals surface area contributed by atoms with Crippen molar-refractivity contribution in [1.82, 2.24) is 47.4 Å². The summed E-state index contributed by atoms with van der Waals surface area (Å²) < 4.78 is 0. The number of hydrogen-bond acceptors (Lipinski definition) is 15. The number of phenols is 1. The number of nitrogens with two attached hydrogens (primary N) is 4. The summed E-state index contributed by atoms with van der Waals surface area (Å²) in [5.74, 6) is -10.4. The number of benzene rings is 4. The highest BCUT2D eigenvalue weighted by Gasteiger charge is 2.40. The van der Waals surface area contributed by atoms with Gasteiger partial charge in [0, 0.05) is 32.2 Å². The average Bonchev–Trinajstić information content (AvgIpc) is 1.89. The summed E-state index contributed by atoms with van der Waals surface area (Å²) in [6, 6.07) is 18.4. The SMILES string of the molecule is CC(C)C[C@H](NC(=O)[C@H](CCCN)NC(=O)[C@@H](NC(=O)[C@H](Cc1ccc(O)cc1)NC(=O)[C@H](CCC(N)=O)NC(=O)[C@H](CC(N)=O)NC(=O)[C@@H](Cc1ccccc1)NC(=O)[C@H](Cc1ccccc1)NC(=O)[C@@H]1CCCN1C(=O)[C@H](N)Cc1ccccc1)C(C)C)C(=O)S.